The molecule has 1 aliphatic rings. The number of nitrogens with one attached hydrogen (secondary N) is 2. The summed E-state index contributed by atoms with van der Waals surface area (Å²) in [6.07, 6.45) is 0.742. The van der Waals surface area contributed by atoms with Crippen LogP contribution in [0, 0.1) is 5.82 Å². The van der Waals surface area contributed by atoms with Crippen molar-refractivity contribution in [1.29, 1.82) is 0 Å². The highest BCUT2D eigenvalue weighted by Gasteiger charge is 2.27. The van der Waals surface area contributed by atoms with E-state index in [4.69, 9.17) is 5.73 Å². The Labute approximate surface area is 97.2 Å². The lowest BCUT2D eigenvalue weighted by Gasteiger charge is -2.11. The molecule has 0 radical (unpaired) electrons. The number of hydrogen-bond acceptors (Lipinski definition) is 3. The molecule has 0 saturated carbocycles. The van der Waals surface area contributed by atoms with Gasteiger partial charge >= 0.3 is 0 Å². The summed E-state index contributed by atoms with van der Waals surface area (Å²) in [6.45, 7) is 0. The van der Waals surface area contributed by atoms with Gasteiger partial charge in [-0.15, -0.1) is 0 Å². The molecule has 17 heavy (non-hydrogen) atoms. The fraction of sp³-hybridized carbons (Fsp3) is 0.273. The topological polar surface area (TPSA) is 84.2 Å². The summed E-state index contributed by atoms with van der Waals surface area (Å²) < 4.78 is 13.3. The number of halogens is 1. The smallest absolute Gasteiger partial charge is 0.247 e. The fourth-order valence-electron chi connectivity index (χ4n) is 1.67. The Morgan fingerprint density at radius 1 is 1.53 bits per heavy atom. The van der Waals surface area contributed by atoms with Crippen molar-refractivity contribution in [3.8, 4) is 0 Å². The summed E-state index contributed by atoms with van der Waals surface area (Å²) in [5.74, 6) is -1.16. The maximum absolute atomic E-state index is 13.3. The van der Waals surface area contributed by atoms with Crippen molar-refractivity contribution in [2.24, 2.45) is 0 Å². The van der Waals surface area contributed by atoms with Gasteiger partial charge < -0.3 is 16.4 Å². The van der Waals surface area contributed by atoms with Gasteiger partial charge in [0.1, 0.15) is 11.9 Å². The predicted octanol–water partition coefficient (Wildman–Crippen LogP) is 0.625. The standard InChI is InChI=1S/C11H12FN3O2/c12-7-2-1-6(13)5-9(7)15-11(17)8-3-4-10(16)14-8/h1-2,5,8H,3-4,13H2,(H,14,16)(H,15,17). The van der Waals surface area contributed by atoms with E-state index in [9.17, 15) is 14.0 Å². The largest absolute Gasteiger partial charge is 0.399 e. The predicted molar refractivity (Wildman–Crippen MR) is 60.6 cm³/mol. The van der Waals surface area contributed by atoms with E-state index in [1.807, 2.05) is 0 Å². The van der Waals surface area contributed by atoms with Crippen molar-refractivity contribution in [3.05, 3.63) is 24.0 Å². The average molecular weight is 237 g/mol. The van der Waals surface area contributed by atoms with Crippen LogP contribution in [0.15, 0.2) is 18.2 Å². The molecule has 5 nitrogen and oxygen atoms in total. The van der Waals surface area contributed by atoms with Crippen LogP contribution in [0.1, 0.15) is 12.8 Å². The molecule has 2 rings (SSSR count). The third kappa shape index (κ3) is 2.52. The van der Waals surface area contributed by atoms with E-state index in [0.717, 1.165) is 0 Å². The molecule has 0 aliphatic carbocycles. The summed E-state index contributed by atoms with van der Waals surface area (Å²) in [6, 6.07) is 3.33. The fourth-order valence-corrected chi connectivity index (χ4v) is 1.67. The van der Waals surface area contributed by atoms with E-state index in [2.05, 4.69) is 10.6 Å². The van der Waals surface area contributed by atoms with Gasteiger partial charge in [0.2, 0.25) is 11.8 Å². The molecule has 0 aromatic heterocycles. The number of anilines is 2. The van der Waals surface area contributed by atoms with Gasteiger partial charge in [-0.3, -0.25) is 9.59 Å². The Hall–Kier alpha value is -2.11. The lowest BCUT2D eigenvalue weighted by molar-refractivity contribution is -0.122. The van der Waals surface area contributed by atoms with Crippen LogP contribution in [0.5, 0.6) is 0 Å². The molecular formula is C11H12FN3O2. The zero-order valence-electron chi connectivity index (χ0n) is 9.00. The van der Waals surface area contributed by atoms with Crippen molar-refractivity contribution in [2.75, 3.05) is 11.1 Å². The van der Waals surface area contributed by atoms with Gasteiger partial charge in [-0.1, -0.05) is 0 Å². The molecule has 1 atom stereocenters. The maximum Gasteiger partial charge on any atom is 0.247 e. The molecule has 6 heteroatoms. The number of rotatable bonds is 2. The van der Waals surface area contributed by atoms with Crippen LogP contribution in [0.3, 0.4) is 0 Å². The molecule has 1 fully saturated rings. The van der Waals surface area contributed by atoms with Gasteiger partial charge in [-0.2, -0.15) is 0 Å². The van der Waals surface area contributed by atoms with Gasteiger partial charge in [-0.25, -0.2) is 4.39 Å². The number of amides is 2. The minimum atomic E-state index is -0.594. The van der Waals surface area contributed by atoms with Gasteiger partial charge in [0.25, 0.3) is 0 Å². The molecule has 1 unspecified atom stereocenters. The van der Waals surface area contributed by atoms with Gasteiger partial charge in [0.15, 0.2) is 0 Å². The van der Waals surface area contributed by atoms with Crippen LogP contribution in [-0.4, -0.2) is 17.9 Å². The second kappa shape index (κ2) is 4.40. The number of nitrogen functional groups attached to an aromatic ring is 1. The first kappa shape index (κ1) is 11.4. The Balaban J connectivity index is 2.07. The number of carbonyl (C=O) groups excluding carboxylic acids is 2. The number of hydrogen-bond donors (Lipinski definition) is 3. The van der Waals surface area contributed by atoms with Crippen LogP contribution in [0.4, 0.5) is 15.8 Å². The van der Waals surface area contributed by atoms with Gasteiger partial charge in [0, 0.05) is 12.1 Å². The second-order valence-electron chi connectivity index (χ2n) is 3.89. The summed E-state index contributed by atoms with van der Waals surface area (Å²) >= 11 is 0. The lowest BCUT2D eigenvalue weighted by Crippen LogP contribution is -2.37. The monoisotopic (exact) mass is 237 g/mol. The van der Waals surface area contributed by atoms with Crippen LogP contribution >= 0.6 is 0 Å². The molecule has 0 spiro atoms. The van der Waals surface area contributed by atoms with Crippen molar-refractivity contribution in [3.63, 3.8) is 0 Å². The molecule has 0 bridgehead atoms. The molecule has 90 valence electrons. The number of benzene rings is 1. The Kier molecular flexibility index (Phi) is 2.95. The summed E-state index contributed by atoms with van der Waals surface area (Å²) in [5.41, 5.74) is 5.87. The zero-order valence-corrected chi connectivity index (χ0v) is 9.00. The van der Waals surface area contributed by atoms with Crippen LogP contribution < -0.4 is 16.4 Å². The third-order valence-corrected chi connectivity index (χ3v) is 2.56. The van der Waals surface area contributed by atoms with Gasteiger partial charge in [-0.05, 0) is 24.6 Å². The van der Waals surface area contributed by atoms with E-state index in [-0.39, 0.29) is 11.6 Å². The van der Waals surface area contributed by atoms with Gasteiger partial charge in [0.05, 0.1) is 5.69 Å². The molecule has 1 aromatic rings. The first-order chi connectivity index (χ1) is 8.06. The van der Waals surface area contributed by atoms with Crippen LogP contribution in [0.25, 0.3) is 0 Å². The summed E-state index contributed by atoms with van der Waals surface area (Å²) in [5, 5.41) is 4.91. The molecule has 1 aromatic carbocycles. The van der Waals surface area contributed by atoms with E-state index in [1.54, 1.807) is 0 Å². The highest BCUT2D eigenvalue weighted by Crippen LogP contribution is 2.18. The van der Waals surface area contributed by atoms with E-state index in [1.165, 1.54) is 18.2 Å². The number of carbonyl (C=O) groups is 2. The molecule has 4 N–H and O–H groups in total. The summed E-state index contributed by atoms with van der Waals surface area (Å²) in [4.78, 5) is 22.6. The maximum atomic E-state index is 13.3. The molecule has 2 amide bonds. The van der Waals surface area contributed by atoms with Crippen LogP contribution in [-0.2, 0) is 9.59 Å². The number of nitrogens with two attached hydrogens (primary N) is 1. The molecule has 1 saturated heterocycles. The van der Waals surface area contributed by atoms with E-state index < -0.39 is 17.8 Å². The van der Waals surface area contributed by atoms with Crippen LogP contribution in [0.2, 0.25) is 0 Å². The average Bonchev–Trinajstić information content (AvgIpc) is 2.70. The Morgan fingerprint density at radius 2 is 2.29 bits per heavy atom. The molecule has 1 aliphatic heterocycles. The van der Waals surface area contributed by atoms with E-state index >= 15 is 0 Å². The quantitative estimate of drug-likeness (QED) is 0.659. The van der Waals surface area contributed by atoms with E-state index in [0.29, 0.717) is 18.5 Å². The summed E-state index contributed by atoms with van der Waals surface area (Å²) in [7, 11) is 0. The minimum absolute atomic E-state index is 0.0242. The lowest BCUT2D eigenvalue weighted by atomic mass is 10.2. The van der Waals surface area contributed by atoms with Crippen molar-refractivity contribution >= 4 is 23.2 Å². The Morgan fingerprint density at radius 3 is 2.94 bits per heavy atom. The molecule has 1 heterocycles. The highest BCUT2D eigenvalue weighted by atomic mass is 19.1. The highest BCUT2D eigenvalue weighted by molar-refractivity contribution is 5.99. The normalized spacial score (nSPS) is 18.9. The van der Waals surface area contributed by atoms with Crippen molar-refractivity contribution in [2.45, 2.75) is 18.9 Å². The van der Waals surface area contributed by atoms with Crippen molar-refractivity contribution in [1.82, 2.24) is 5.32 Å². The first-order valence-electron chi connectivity index (χ1n) is 5.21. The SMILES string of the molecule is Nc1ccc(F)c(NC(=O)C2CCC(=O)N2)c1. The zero-order chi connectivity index (χ0) is 12.4. The van der Waals surface area contributed by atoms with Crippen molar-refractivity contribution < 1.29 is 14.0 Å². The minimum Gasteiger partial charge on any atom is -0.399 e. The third-order valence-electron chi connectivity index (χ3n) is 2.56. The second-order valence-corrected chi connectivity index (χ2v) is 3.89. The first-order valence-corrected chi connectivity index (χ1v) is 5.21. The molecular weight excluding hydrogens is 225 g/mol. The Bertz CT molecular complexity index is 476.